The van der Waals surface area contributed by atoms with Gasteiger partial charge in [0.2, 0.25) is 0 Å². The predicted molar refractivity (Wildman–Crippen MR) is 80.5 cm³/mol. The lowest BCUT2D eigenvalue weighted by molar-refractivity contribution is 0.579. The molecule has 0 atom stereocenters. The molecule has 0 nitrogen and oxygen atoms in total. The van der Waals surface area contributed by atoms with Crippen molar-refractivity contribution in [2.75, 3.05) is 0 Å². The van der Waals surface area contributed by atoms with E-state index in [2.05, 4.69) is 18.8 Å². The Bertz CT molecular complexity index is 398. The Balaban J connectivity index is 2.04. The first-order chi connectivity index (χ1) is 9.34. The molecule has 0 radical (unpaired) electrons. The van der Waals surface area contributed by atoms with Gasteiger partial charge in [0.1, 0.15) is 5.82 Å². The van der Waals surface area contributed by atoms with Gasteiger partial charge in [0.15, 0.2) is 0 Å². The molecule has 0 spiro atoms. The Morgan fingerprint density at radius 2 is 1.53 bits per heavy atom. The lowest BCUT2D eigenvalue weighted by Crippen LogP contribution is -1.82. The van der Waals surface area contributed by atoms with Crippen molar-refractivity contribution < 1.29 is 4.39 Å². The Morgan fingerprint density at radius 1 is 0.895 bits per heavy atom. The molecule has 1 aromatic rings. The summed E-state index contributed by atoms with van der Waals surface area (Å²) in [6, 6.07) is 6.71. The summed E-state index contributed by atoms with van der Waals surface area (Å²) in [5, 5.41) is 0. The highest BCUT2D eigenvalue weighted by molar-refractivity contribution is 5.34. The van der Waals surface area contributed by atoms with Crippen LogP contribution in [0.15, 0.2) is 24.3 Å². The van der Waals surface area contributed by atoms with Crippen LogP contribution in [0, 0.1) is 17.7 Å². The fraction of sp³-hybridized carbons (Fsp3) is 0.556. The fourth-order valence-corrected chi connectivity index (χ4v) is 2.07. The minimum Gasteiger partial charge on any atom is -0.206 e. The Kier molecular flexibility index (Phi) is 8.81. The van der Waals surface area contributed by atoms with Crippen molar-refractivity contribution >= 4 is 0 Å². The number of rotatable bonds is 8. The van der Waals surface area contributed by atoms with E-state index in [1.54, 1.807) is 12.1 Å². The van der Waals surface area contributed by atoms with E-state index in [1.165, 1.54) is 51.0 Å². The van der Waals surface area contributed by atoms with Gasteiger partial charge in [0, 0.05) is 6.42 Å². The molecule has 0 aliphatic carbocycles. The molecule has 0 saturated carbocycles. The maximum absolute atomic E-state index is 13.3. The normalized spacial score (nSPS) is 10.0. The molecule has 1 aromatic carbocycles. The SMILES string of the molecule is CCCCCCCCCCC#Cc1ccccc1F. The summed E-state index contributed by atoms with van der Waals surface area (Å²) in [5.74, 6) is 5.75. The van der Waals surface area contributed by atoms with Gasteiger partial charge in [0.05, 0.1) is 5.56 Å². The molecular weight excluding hydrogens is 235 g/mol. The highest BCUT2D eigenvalue weighted by Gasteiger charge is 1.94. The second kappa shape index (κ2) is 10.6. The van der Waals surface area contributed by atoms with Crippen LogP contribution in [0.3, 0.4) is 0 Å². The Hall–Kier alpha value is -1.29. The first-order valence-corrected chi connectivity index (χ1v) is 7.58. The van der Waals surface area contributed by atoms with Gasteiger partial charge in [0.25, 0.3) is 0 Å². The summed E-state index contributed by atoms with van der Waals surface area (Å²) in [7, 11) is 0. The smallest absolute Gasteiger partial charge is 0.138 e. The highest BCUT2D eigenvalue weighted by Crippen LogP contribution is 2.09. The zero-order valence-electron chi connectivity index (χ0n) is 12.1. The van der Waals surface area contributed by atoms with Crippen LogP contribution in [-0.2, 0) is 0 Å². The molecule has 0 aliphatic heterocycles. The van der Waals surface area contributed by atoms with Crippen LogP contribution in [0.4, 0.5) is 4.39 Å². The molecule has 0 heterocycles. The van der Waals surface area contributed by atoms with E-state index in [-0.39, 0.29) is 5.82 Å². The number of benzene rings is 1. The number of unbranched alkanes of at least 4 members (excludes halogenated alkanes) is 8. The molecule has 19 heavy (non-hydrogen) atoms. The van der Waals surface area contributed by atoms with E-state index in [1.807, 2.05) is 6.07 Å². The topological polar surface area (TPSA) is 0 Å². The van der Waals surface area contributed by atoms with Crippen LogP contribution < -0.4 is 0 Å². The average molecular weight is 260 g/mol. The van der Waals surface area contributed by atoms with Gasteiger partial charge in [-0.25, -0.2) is 4.39 Å². The van der Waals surface area contributed by atoms with Crippen molar-refractivity contribution in [3.63, 3.8) is 0 Å². The maximum Gasteiger partial charge on any atom is 0.138 e. The molecule has 0 saturated heterocycles. The fourth-order valence-electron chi connectivity index (χ4n) is 2.07. The van der Waals surface area contributed by atoms with Gasteiger partial charge in [-0.1, -0.05) is 75.8 Å². The summed E-state index contributed by atoms with van der Waals surface area (Å²) < 4.78 is 13.3. The highest BCUT2D eigenvalue weighted by atomic mass is 19.1. The standard InChI is InChI=1S/C18H25F/c1-2-3-4-5-6-7-8-9-10-11-14-17-15-12-13-16-18(17)19/h12-13,15-16H,2-10H2,1H3. The van der Waals surface area contributed by atoms with Crippen molar-refractivity contribution in [3.05, 3.63) is 35.6 Å². The van der Waals surface area contributed by atoms with Gasteiger partial charge in [-0.2, -0.15) is 0 Å². The third kappa shape index (κ3) is 7.67. The Labute approximate surface area is 117 Å². The van der Waals surface area contributed by atoms with Crippen LogP contribution in [0.5, 0.6) is 0 Å². The number of hydrogen-bond donors (Lipinski definition) is 0. The van der Waals surface area contributed by atoms with Crippen LogP contribution in [-0.4, -0.2) is 0 Å². The minimum absolute atomic E-state index is 0.217. The first-order valence-electron chi connectivity index (χ1n) is 7.58. The zero-order valence-corrected chi connectivity index (χ0v) is 12.1. The van der Waals surface area contributed by atoms with Crippen LogP contribution in [0.2, 0.25) is 0 Å². The molecule has 104 valence electrons. The second-order valence-corrected chi connectivity index (χ2v) is 5.01. The molecule has 0 bridgehead atoms. The number of hydrogen-bond acceptors (Lipinski definition) is 0. The van der Waals surface area contributed by atoms with E-state index in [9.17, 15) is 4.39 Å². The third-order valence-electron chi connectivity index (χ3n) is 3.25. The molecule has 1 heteroatoms. The lowest BCUT2D eigenvalue weighted by Gasteiger charge is -1.99. The van der Waals surface area contributed by atoms with E-state index in [4.69, 9.17) is 0 Å². The monoisotopic (exact) mass is 260 g/mol. The summed E-state index contributed by atoms with van der Waals surface area (Å²) >= 11 is 0. The van der Waals surface area contributed by atoms with Gasteiger partial charge in [-0.3, -0.25) is 0 Å². The van der Waals surface area contributed by atoms with Gasteiger partial charge >= 0.3 is 0 Å². The zero-order chi connectivity index (χ0) is 13.8. The van der Waals surface area contributed by atoms with Gasteiger partial charge in [-0.15, -0.1) is 0 Å². The molecule has 1 rings (SSSR count). The van der Waals surface area contributed by atoms with E-state index >= 15 is 0 Å². The quantitative estimate of drug-likeness (QED) is 0.415. The van der Waals surface area contributed by atoms with E-state index in [0.717, 1.165) is 12.8 Å². The lowest BCUT2D eigenvalue weighted by atomic mass is 10.1. The van der Waals surface area contributed by atoms with Crippen LogP contribution in [0.25, 0.3) is 0 Å². The Morgan fingerprint density at radius 3 is 2.21 bits per heavy atom. The van der Waals surface area contributed by atoms with Crippen molar-refractivity contribution in [1.29, 1.82) is 0 Å². The van der Waals surface area contributed by atoms with E-state index in [0.29, 0.717) is 5.56 Å². The molecule has 0 aromatic heterocycles. The van der Waals surface area contributed by atoms with E-state index < -0.39 is 0 Å². The van der Waals surface area contributed by atoms with Crippen molar-refractivity contribution in [2.24, 2.45) is 0 Å². The van der Waals surface area contributed by atoms with Gasteiger partial charge in [-0.05, 0) is 18.6 Å². The summed E-state index contributed by atoms with van der Waals surface area (Å²) in [4.78, 5) is 0. The molecular formula is C18H25F. The number of halogens is 1. The third-order valence-corrected chi connectivity index (χ3v) is 3.25. The maximum atomic E-state index is 13.3. The van der Waals surface area contributed by atoms with Gasteiger partial charge < -0.3 is 0 Å². The first kappa shape index (κ1) is 15.8. The summed E-state index contributed by atoms with van der Waals surface area (Å²) in [6.45, 7) is 2.24. The molecule has 0 fully saturated rings. The molecule has 0 amide bonds. The van der Waals surface area contributed by atoms with Crippen molar-refractivity contribution in [3.8, 4) is 11.8 Å². The summed E-state index contributed by atoms with van der Waals surface area (Å²) in [6.07, 6.45) is 11.3. The second-order valence-electron chi connectivity index (χ2n) is 5.01. The minimum atomic E-state index is -0.217. The largest absolute Gasteiger partial charge is 0.206 e. The molecule has 0 unspecified atom stereocenters. The molecule has 0 N–H and O–H groups in total. The van der Waals surface area contributed by atoms with Crippen molar-refractivity contribution in [1.82, 2.24) is 0 Å². The van der Waals surface area contributed by atoms with Crippen LogP contribution in [0.1, 0.15) is 70.3 Å². The van der Waals surface area contributed by atoms with Crippen LogP contribution >= 0.6 is 0 Å². The molecule has 0 aliphatic rings. The average Bonchev–Trinajstić information content (AvgIpc) is 2.43. The van der Waals surface area contributed by atoms with Crippen molar-refractivity contribution in [2.45, 2.75) is 64.7 Å². The predicted octanol–water partition coefficient (Wildman–Crippen LogP) is 5.71. The summed E-state index contributed by atoms with van der Waals surface area (Å²) in [5.41, 5.74) is 0.516.